The first-order valence-corrected chi connectivity index (χ1v) is 5.49. The number of rotatable bonds is 5. The maximum absolute atomic E-state index is 11.8. The van der Waals surface area contributed by atoms with Gasteiger partial charge in [0, 0.05) is 17.3 Å². The molecule has 86 valence electrons. The predicted octanol–water partition coefficient (Wildman–Crippen LogP) is 1.91. The lowest BCUT2D eigenvalue weighted by atomic mass is 10.1. The summed E-state index contributed by atoms with van der Waals surface area (Å²) in [5, 5.41) is 0. The van der Waals surface area contributed by atoms with Crippen LogP contribution in [0.1, 0.15) is 23.2 Å². The second-order valence-electron chi connectivity index (χ2n) is 3.23. The number of nitrogens with two attached hydrogens (primary N) is 1. The van der Waals surface area contributed by atoms with Crippen LogP contribution >= 0.6 is 15.9 Å². The molecule has 0 aliphatic heterocycles. The highest BCUT2D eigenvalue weighted by Gasteiger charge is 2.13. The van der Waals surface area contributed by atoms with Crippen molar-refractivity contribution in [2.45, 2.75) is 12.8 Å². The van der Waals surface area contributed by atoms with Gasteiger partial charge in [0.1, 0.15) is 5.75 Å². The van der Waals surface area contributed by atoms with Gasteiger partial charge in [-0.1, -0.05) is 15.9 Å². The quantitative estimate of drug-likeness (QED) is 0.840. The van der Waals surface area contributed by atoms with Crippen molar-refractivity contribution in [1.82, 2.24) is 0 Å². The molecule has 0 saturated carbocycles. The average Bonchev–Trinajstić information content (AvgIpc) is 2.25. The van der Waals surface area contributed by atoms with Crippen molar-refractivity contribution in [3.63, 3.8) is 0 Å². The third-order valence-corrected chi connectivity index (χ3v) is 2.55. The van der Waals surface area contributed by atoms with Crippen molar-refractivity contribution in [3.8, 4) is 5.75 Å². The molecule has 1 aromatic rings. The van der Waals surface area contributed by atoms with Crippen LogP contribution in [0.5, 0.6) is 5.75 Å². The maximum Gasteiger partial charge on any atom is 0.217 e. The summed E-state index contributed by atoms with van der Waals surface area (Å²) < 4.78 is 5.86. The van der Waals surface area contributed by atoms with E-state index in [1.165, 1.54) is 7.11 Å². The number of halogens is 1. The highest BCUT2D eigenvalue weighted by Crippen LogP contribution is 2.24. The molecule has 0 heterocycles. The lowest BCUT2D eigenvalue weighted by Crippen LogP contribution is -2.13. The Bertz CT molecular complexity index is 418. The van der Waals surface area contributed by atoms with E-state index in [0.717, 1.165) is 4.47 Å². The van der Waals surface area contributed by atoms with Crippen LogP contribution in [-0.4, -0.2) is 18.8 Å². The average molecular weight is 286 g/mol. The van der Waals surface area contributed by atoms with Gasteiger partial charge >= 0.3 is 0 Å². The highest BCUT2D eigenvalue weighted by molar-refractivity contribution is 9.10. The summed E-state index contributed by atoms with van der Waals surface area (Å²) in [5.41, 5.74) is 5.44. The first-order valence-electron chi connectivity index (χ1n) is 4.69. The lowest BCUT2D eigenvalue weighted by molar-refractivity contribution is -0.118. The topological polar surface area (TPSA) is 69.4 Å². The number of ether oxygens (including phenoxy) is 1. The van der Waals surface area contributed by atoms with Crippen LogP contribution in [0.4, 0.5) is 0 Å². The molecule has 1 amide bonds. The predicted molar refractivity (Wildman–Crippen MR) is 63.5 cm³/mol. The molecule has 0 atom stereocenters. The summed E-state index contributed by atoms with van der Waals surface area (Å²) in [5.74, 6) is -0.142. The SMILES string of the molecule is COc1ccc(Br)cc1C(=O)CCC(N)=O. The lowest BCUT2D eigenvalue weighted by Gasteiger charge is -2.07. The molecule has 0 spiro atoms. The van der Waals surface area contributed by atoms with Crippen LogP contribution < -0.4 is 10.5 Å². The molecule has 5 heteroatoms. The number of carbonyl (C=O) groups is 2. The van der Waals surface area contributed by atoms with Crippen LogP contribution in [0, 0.1) is 0 Å². The smallest absolute Gasteiger partial charge is 0.217 e. The van der Waals surface area contributed by atoms with E-state index in [-0.39, 0.29) is 18.6 Å². The summed E-state index contributed by atoms with van der Waals surface area (Å²) in [6.07, 6.45) is 0.149. The van der Waals surface area contributed by atoms with E-state index in [4.69, 9.17) is 10.5 Å². The van der Waals surface area contributed by atoms with E-state index in [0.29, 0.717) is 11.3 Å². The van der Waals surface area contributed by atoms with Gasteiger partial charge in [-0.15, -0.1) is 0 Å². The van der Waals surface area contributed by atoms with Gasteiger partial charge in [0.05, 0.1) is 12.7 Å². The van der Waals surface area contributed by atoms with E-state index in [1.807, 2.05) is 0 Å². The van der Waals surface area contributed by atoms with Crippen LogP contribution in [0.25, 0.3) is 0 Å². The fourth-order valence-corrected chi connectivity index (χ4v) is 1.63. The van der Waals surface area contributed by atoms with Gasteiger partial charge in [-0.25, -0.2) is 0 Å². The fourth-order valence-electron chi connectivity index (χ4n) is 1.27. The molecule has 16 heavy (non-hydrogen) atoms. The normalized spacial score (nSPS) is 9.88. The Kier molecular flexibility index (Phi) is 4.49. The molecule has 1 aromatic carbocycles. The molecule has 0 aliphatic rings. The molecule has 0 saturated heterocycles. The van der Waals surface area contributed by atoms with Crippen molar-refractivity contribution < 1.29 is 14.3 Å². The van der Waals surface area contributed by atoms with Crippen molar-refractivity contribution in [2.75, 3.05) is 7.11 Å². The van der Waals surface area contributed by atoms with Gasteiger partial charge in [-0.05, 0) is 18.2 Å². The van der Waals surface area contributed by atoms with Crippen molar-refractivity contribution >= 4 is 27.6 Å². The minimum absolute atomic E-state index is 0.0501. The first kappa shape index (κ1) is 12.7. The summed E-state index contributed by atoms with van der Waals surface area (Å²) in [4.78, 5) is 22.4. The minimum atomic E-state index is -0.484. The Morgan fingerprint density at radius 1 is 1.38 bits per heavy atom. The molecule has 0 fully saturated rings. The number of ketones is 1. The Morgan fingerprint density at radius 3 is 2.62 bits per heavy atom. The van der Waals surface area contributed by atoms with E-state index in [9.17, 15) is 9.59 Å². The summed E-state index contributed by atoms with van der Waals surface area (Å²) in [7, 11) is 1.49. The van der Waals surface area contributed by atoms with Gasteiger partial charge < -0.3 is 10.5 Å². The minimum Gasteiger partial charge on any atom is -0.496 e. The number of carbonyl (C=O) groups excluding carboxylic acids is 2. The Balaban J connectivity index is 2.88. The Labute approximate surface area is 102 Å². The molecular weight excluding hydrogens is 274 g/mol. The number of hydrogen-bond donors (Lipinski definition) is 1. The van der Waals surface area contributed by atoms with Gasteiger partial charge in [0.15, 0.2) is 5.78 Å². The molecule has 4 nitrogen and oxygen atoms in total. The van der Waals surface area contributed by atoms with Gasteiger partial charge in [0.2, 0.25) is 5.91 Å². The van der Waals surface area contributed by atoms with Gasteiger partial charge in [-0.2, -0.15) is 0 Å². The third-order valence-electron chi connectivity index (χ3n) is 2.06. The molecule has 1 rings (SSSR count). The molecule has 0 bridgehead atoms. The second kappa shape index (κ2) is 5.65. The van der Waals surface area contributed by atoms with E-state index in [1.54, 1.807) is 18.2 Å². The van der Waals surface area contributed by atoms with Crippen molar-refractivity contribution in [2.24, 2.45) is 5.73 Å². The fraction of sp³-hybridized carbons (Fsp3) is 0.273. The molecule has 0 aliphatic carbocycles. The number of benzene rings is 1. The second-order valence-corrected chi connectivity index (χ2v) is 4.15. The number of amides is 1. The number of hydrogen-bond acceptors (Lipinski definition) is 3. The largest absolute Gasteiger partial charge is 0.496 e. The molecule has 0 unspecified atom stereocenters. The maximum atomic E-state index is 11.8. The summed E-state index contributed by atoms with van der Waals surface area (Å²) >= 11 is 3.27. The zero-order valence-corrected chi connectivity index (χ0v) is 10.4. The molecule has 2 N–H and O–H groups in total. The zero-order valence-electron chi connectivity index (χ0n) is 8.83. The number of Topliss-reactive ketones (excluding diaryl/α,β-unsaturated/α-hetero) is 1. The monoisotopic (exact) mass is 285 g/mol. The molecular formula is C11H12BrNO3. The Morgan fingerprint density at radius 2 is 2.06 bits per heavy atom. The van der Waals surface area contributed by atoms with E-state index in [2.05, 4.69) is 15.9 Å². The highest BCUT2D eigenvalue weighted by atomic mass is 79.9. The molecule has 0 radical (unpaired) electrons. The number of methoxy groups -OCH3 is 1. The Hall–Kier alpha value is -1.36. The van der Waals surface area contributed by atoms with E-state index < -0.39 is 5.91 Å². The standard InChI is InChI=1S/C11H12BrNO3/c1-16-10-4-2-7(12)6-8(10)9(14)3-5-11(13)15/h2,4,6H,3,5H2,1H3,(H2,13,15). The molecule has 0 aromatic heterocycles. The van der Waals surface area contributed by atoms with Gasteiger partial charge in [-0.3, -0.25) is 9.59 Å². The first-order chi connectivity index (χ1) is 7.54. The van der Waals surface area contributed by atoms with E-state index >= 15 is 0 Å². The van der Waals surface area contributed by atoms with Crippen molar-refractivity contribution in [3.05, 3.63) is 28.2 Å². The van der Waals surface area contributed by atoms with Crippen molar-refractivity contribution in [1.29, 1.82) is 0 Å². The number of primary amides is 1. The van der Waals surface area contributed by atoms with Crippen LogP contribution in [-0.2, 0) is 4.79 Å². The third kappa shape index (κ3) is 3.34. The summed E-state index contributed by atoms with van der Waals surface area (Å²) in [6.45, 7) is 0. The van der Waals surface area contributed by atoms with Gasteiger partial charge in [0.25, 0.3) is 0 Å². The summed E-state index contributed by atoms with van der Waals surface area (Å²) in [6, 6.07) is 5.15. The zero-order chi connectivity index (χ0) is 12.1. The van der Waals surface area contributed by atoms with Crippen LogP contribution in [0.3, 0.4) is 0 Å². The van der Waals surface area contributed by atoms with Crippen LogP contribution in [0.2, 0.25) is 0 Å². The van der Waals surface area contributed by atoms with Crippen LogP contribution in [0.15, 0.2) is 22.7 Å².